The third-order valence-electron chi connectivity index (χ3n) is 3.95. The fourth-order valence-corrected chi connectivity index (χ4v) is 2.54. The molecule has 0 unspecified atom stereocenters. The first kappa shape index (κ1) is 22.8. The van der Waals surface area contributed by atoms with Crippen LogP contribution in [0.1, 0.15) is 23.0 Å². The second-order valence-electron chi connectivity index (χ2n) is 5.98. The number of amides is 1. The lowest BCUT2D eigenvalue weighted by Crippen LogP contribution is -2.39. The van der Waals surface area contributed by atoms with Gasteiger partial charge in [-0.15, -0.1) is 24.0 Å². The molecule has 0 saturated heterocycles. The van der Waals surface area contributed by atoms with Crippen LogP contribution in [0.4, 0.5) is 0 Å². The van der Waals surface area contributed by atoms with Crippen LogP contribution in [0, 0.1) is 0 Å². The van der Waals surface area contributed by atoms with Gasteiger partial charge in [0.1, 0.15) is 5.75 Å². The van der Waals surface area contributed by atoms with Crippen LogP contribution in [-0.2, 0) is 13.6 Å². The summed E-state index contributed by atoms with van der Waals surface area (Å²) in [5, 5.41) is 15.7. The Hall–Kier alpha value is -2.23. The fraction of sp³-hybridized carbons (Fsp3) is 0.368. The number of hydrogen-bond donors (Lipinski definition) is 3. The quantitative estimate of drug-likeness (QED) is 0.243. The summed E-state index contributed by atoms with van der Waals surface area (Å²) < 4.78 is 2.08. The maximum atomic E-state index is 12.1. The Balaban J connectivity index is 0.00000364. The highest BCUT2D eigenvalue weighted by Gasteiger charge is 2.10. The van der Waals surface area contributed by atoms with E-state index in [1.54, 1.807) is 18.2 Å². The van der Waals surface area contributed by atoms with Crippen molar-refractivity contribution in [2.45, 2.75) is 13.5 Å². The SMILES string of the molecule is CCNC(=NCCNC(=O)c1ccccc1O)N(C)Cc1cccn1C.I. The highest BCUT2D eigenvalue weighted by atomic mass is 127. The zero-order valence-electron chi connectivity index (χ0n) is 16.0. The highest BCUT2D eigenvalue weighted by molar-refractivity contribution is 14.0. The highest BCUT2D eigenvalue weighted by Crippen LogP contribution is 2.14. The Kier molecular flexibility index (Phi) is 9.70. The Morgan fingerprint density at radius 1 is 1.22 bits per heavy atom. The fourth-order valence-electron chi connectivity index (χ4n) is 2.54. The van der Waals surface area contributed by atoms with Gasteiger partial charge in [-0.1, -0.05) is 12.1 Å². The molecule has 0 aliphatic heterocycles. The number of carbonyl (C=O) groups excluding carboxylic acids is 1. The van der Waals surface area contributed by atoms with E-state index in [1.165, 1.54) is 11.8 Å². The number of nitrogens with zero attached hydrogens (tertiary/aromatic N) is 3. The minimum absolute atomic E-state index is 0. The van der Waals surface area contributed by atoms with Gasteiger partial charge in [0.15, 0.2) is 5.96 Å². The molecule has 1 heterocycles. The minimum atomic E-state index is -0.305. The zero-order valence-corrected chi connectivity index (χ0v) is 18.3. The molecule has 2 rings (SSSR count). The van der Waals surface area contributed by atoms with Crippen molar-refractivity contribution in [3.63, 3.8) is 0 Å². The summed E-state index contributed by atoms with van der Waals surface area (Å²) in [6.45, 7) is 4.35. The number of guanidine groups is 1. The largest absolute Gasteiger partial charge is 0.507 e. The van der Waals surface area contributed by atoms with Gasteiger partial charge in [0.2, 0.25) is 0 Å². The number of benzene rings is 1. The molecule has 1 aromatic carbocycles. The normalized spacial score (nSPS) is 10.9. The van der Waals surface area contributed by atoms with Gasteiger partial charge < -0.3 is 25.2 Å². The molecule has 2 aromatic rings. The third-order valence-corrected chi connectivity index (χ3v) is 3.95. The van der Waals surface area contributed by atoms with Gasteiger partial charge in [-0.3, -0.25) is 9.79 Å². The van der Waals surface area contributed by atoms with E-state index < -0.39 is 0 Å². The lowest BCUT2D eigenvalue weighted by atomic mass is 10.2. The molecular formula is C19H28IN5O2. The lowest BCUT2D eigenvalue weighted by Gasteiger charge is -2.22. The summed E-state index contributed by atoms with van der Waals surface area (Å²) in [6, 6.07) is 10.6. The number of aromatic hydroxyl groups is 1. The summed E-state index contributed by atoms with van der Waals surface area (Å²) in [6.07, 6.45) is 2.02. The van der Waals surface area contributed by atoms with Crippen molar-refractivity contribution < 1.29 is 9.90 Å². The molecule has 0 spiro atoms. The molecule has 0 aliphatic rings. The summed E-state index contributed by atoms with van der Waals surface area (Å²) >= 11 is 0. The molecular weight excluding hydrogens is 457 g/mol. The summed E-state index contributed by atoms with van der Waals surface area (Å²) in [4.78, 5) is 18.7. The van der Waals surface area contributed by atoms with E-state index in [1.807, 2.05) is 38.2 Å². The number of carbonyl (C=O) groups is 1. The second kappa shape index (κ2) is 11.5. The van der Waals surface area contributed by atoms with Gasteiger partial charge in [0, 0.05) is 39.1 Å². The number of aryl methyl sites for hydroxylation is 1. The van der Waals surface area contributed by atoms with Crippen molar-refractivity contribution in [2.24, 2.45) is 12.0 Å². The molecule has 8 heteroatoms. The minimum Gasteiger partial charge on any atom is -0.507 e. The first-order valence-electron chi connectivity index (χ1n) is 8.68. The predicted octanol–water partition coefficient (Wildman–Crippen LogP) is 2.18. The van der Waals surface area contributed by atoms with Gasteiger partial charge in [0.25, 0.3) is 5.91 Å². The topological polar surface area (TPSA) is 81.9 Å². The number of phenols is 1. The van der Waals surface area contributed by atoms with Crippen molar-refractivity contribution in [3.8, 4) is 5.75 Å². The second-order valence-corrected chi connectivity index (χ2v) is 5.98. The van der Waals surface area contributed by atoms with Gasteiger partial charge in [0.05, 0.1) is 18.7 Å². The van der Waals surface area contributed by atoms with Crippen molar-refractivity contribution in [1.82, 2.24) is 20.1 Å². The monoisotopic (exact) mass is 485 g/mol. The van der Waals surface area contributed by atoms with E-state index in [4.69, 9.17) is 0 Å². The number of nitrogens with one attached hydrogen (secondary N) is 2. The van der Waals surface area contributed by atoms with Crippen LogP contribution in [-0.4, -0.2) is 53.1 Å². The van der Waals surface area contributed by atoms with Crippen LogP contribution in [0.2, 0.25) is 0 Å². The number of rotatable bonds is 7. The molecule has 148 valence electrons. The van der Waals surface area contributed by atoms with Crippen LogP contribution < -0.4 is 10.6 Å². The van der Waals surface area contributed by atoms with E-state index in [9.17, 15) is 9.90 Å². The molecule has 0 radical (unpaired) electrons. The van der Waals surface area contributed by atoms with E-state index in [-0.39, 0.29) is 41.2 Å². The van der Waals surface area contributed by atoms with Gasteiger partial charge in [-0.25, -0.2) is 0 Å². The standard InChI is InChI=1S/C19H27N5O2.HI/c1-4-20-19(24(3)14-15-8-7-13-23(15)2)22-12-11-21-18(26)16-9-5-6-10-17(16)25;/h5-10,13,25H,4,11-12,14H2,1-3H3,(H,20,22)(H,21,26);1H. The van der Waals surface area contributed by atoms with E-state index in [0.29, 0.717) is 13.1 Å². The molecule has 1 amide bonds. The molecule has 3 N–H and O–H groups in total. The van der Waals surface area contributed by atoms with Crippen molar-refractivity contribution >= 4 is 35.8 Å². The Morgan fingerprint density at radius 3 is 2.59 bits per heavy atom. The molecule has 0 saturated carbocycles. The maximum absolute atomic E-state index is 12.1. The third kappa shape index (κ3) is 6.78. The van der Waals surface area contributed by atoms with E-state index >= 15 is 0 Å². The Bertz CT molecular complexity index is 760. The molecule has 0 fully saturated rings. The average molecular weight is 485 g/mol. The predicted molar refractivity (Wildman–Crippen MR) is 119 cm³/mol. The van der Waals surface area contributed by atoms with Crippen molar-refractivity contribution in [3.05, 3.63) is 53.9 Å². The van der Waals surface area contributed by atoms with Crippen LogP contribution in [0.15, 0.2) is 47.6 Å². The number of aromatic nitrogens is 1. The maximum Gasteiger partial charge on any atom is 0.255 e. The molecule has 0 bridgehead atoms. The summed E-state index contributed by atoms with van der Waals surface area (Å²) in [5.41, 5.74) is 1.45. The van der Waals surface area contributed by atoms with Crippen LogP contribution in [0.3, 0.4) is 0 Å². The van der Waals surface area contributed by atoms with Crippen LogP contribution >= 0.6 is 24.0 Å². The van der Waals surface area contributed by atoms with Gasteiger partial charge in [-0.05, 0) is 31.2 Å². The Labute approximate surface area is 177 Å². The van der Waals surface area contributed by atoms with Crippen LogP contribution in [0.5, 0.6) is 5.75 Å². The van der Waals surface area contributed by atoms with E-state index in [0.717, 1.165) is 19.0 Å². The number of para-hydroxylation sites is 1. The number of hydrogen-bond acceptors (Lipinski definition) is 3. The van der Waals surface area contributed by atoms with Crippen molar-refractivity contribution in [2.75, 3.05) is 26.7 Å². The van der Waals surface area contributed by atoms with Gasteiger partial charge >= 0.3 is 0 Å². The zero-order chi connectivity index (χ0) is 18.9. The lowest BCUT2D eigenvalue weighted by molar-refractivity contribution is 0.0952. The average Bonchev–Trinajstić information content (AvgIpc) is 3.02. The Morgan fingerprint density at radius 2 is 1.96 bits per heavy atom. The molecule has 0 aliphatic carbocycles. The molecule has 0 atom stereocenters. The van der Waals surface area contributed by atoms with Crippen LogP contribution in [0.25, 0.3) is 0 Å². The number of halogens is 1. The summed E-state index contributed by atoms with van der Waals surface area (Å²) in [5.74, 6) is 0.454. The summed E-state index contributed by atoms with van der Waals surface area (Å²) in [7, 11) is 4.00. The molecule has 1 aromatic heterocycles. The number of aliphatic imine (C=N–C) groups is 1. The van der Waals surface area contributed by atoms with E-state index in [2.05, 4.69) is 26.3 Å². The van der Waals surface area contributed by atoms with Gasteiger partial charge in [-0.2, -0.15) is 0 Å². The first-order chi connectivity index (χ1) is 12.5. The number of phenolic OH excluding ortho intramolecular Hbond substituents is 1. The molecule has 27 heavy (non-hydrogen) atoms. The smallest absolute Gasteiger partial charge is 0.255 e. The van der Waals surface area contributed by atoms with Crippen molar-refractivity contribution in [1.29, 1.82) is 0 Å². The first-order valence-corrected chi connectivity index (χ1v) is 8.68. The molecule has 7 nitrogen and oxygen atoms in total.